The van der Waals surface area contributed by atoms with Crippen molar-refractivity contribution >= 4 is 17.4 Å². The van der Waals surface area contributed by atoms with Gasteiger partial charge in [-0.1, -0.05) is 6.07 Å². The van der Waals surface area contributed by atoms with E-state index in [1.165, 1.54) is 17.9 Å². The molecule has 1 atom stereocenters. The Morgan fingerprint density at radius 2 is 2.43 bits per heavy atom. The Labute approximate surface area is 88.7 Å². The average Bonchev–Trinajstić information content (AvgIpc) is 2.67. The fourth-order valence-corrected chi connectivity index (χ4v) is 2.91. The van der Waals surface area contributed by atoms with E-state index in [0.29, 0.717) is 5.75 Å². The molecular weight excluding hydrogens is 194 g/mol. The van der Waals surface area contributed by atoms with Crippen molar-refractivity contribution in [2.45, 2.75) is 6.42 Å². The minimum absolute atomic E-state index is 0.329. The molecule has 1 unspecified atom stereocenters. The highest BCUT2D eigenvalue weighted by molar-refractivity contribution is 7.99. The Morgan fingerprint density at radius 1 is 1.50 bits per heavy atom. The first-order valence-corrected chi connectivity index (χ1v) is 6.11. The highest BCUT2D eigenvalue weighted by Crippen LogP contribution is 2.24. The molecule has 0 spiro atoms. The van der Waals surface area contributed by atoms with Gasteiger partial charge in [0.15, 0.2) is 0 Å². The number of aromatic hydroxyl groups is 1. The van der Waals surface area contributed by atoms with E-state index in [1.54, 1.807) is 12.1 Å². The molecule has 0 aliphatic carbocycles. The Morgan fingerprint density at radius 3 is 3.14 bits per heavy atom. The summed E-state index contributed by atoms with van der Waals surface area (Å²) in [5.41, 5.74) is 1.02. The Kier molecular flexibility index (Phi) is 3.19. The molecule has 1 heterocycles. The number of anilines is 1. The van der Waals surface area contributed by atoms with Crippen molar-refractivity contribution in [3.05, 3.63) is 24.3 Å². The second-order valence-electron chi connectivity index (χ2n) is 3.66. The normalized spacial score (nSPS) is 21.0. The van der Waals surface area contributed by atoms with E-state index in [4.69, 9.17) is 0 Å². The van der Waals surface area contributed by atoms with Gasteiger partial charge in [-0.15, -0.1) is 0 Å². The molecule has 0 bridgehead atoms. The number of nitrogens with one attached hydrogen (secondary N) is 1. The van der Waals surface area contributed by atoms with Crippen molar-refractivity contribution in [2.75, 3.05) is 23.4 Å². The molecule has 2 N–H and O–H groups in total. The highest BCUT2D eigenvalue weighted by Gasteiger charge is 2.14. The van der Waals surface area contributed by atoms with E-state index < -0.39 is 0 Å². The van der Waals surface area contributed by atoms with Crippen LogP contribution in [0.2, 0.25) is 0 Å². The number of benzene rings is 1. The molecule has 0 aromatic heterocycles. The molecule has 3 heteroatoms. The van der Waals surface area contributed by atoms with Gasteiger partial charge in [0.1, 0.15) is 5.75 Å². The summed E-state index contributed by atoms with van der Waals surface area (Å²) in [6, 6.07) is 7.31. The minimum atomic E-state index is 0.329. The van der Waals surface area contributed by atoms with Crippen molar-refractivity contribution in [3.8, 4) is 5.75 Å². The molecule has 1 saturated heterocycles. The standard InChI is InChI=1S/C11H15NOS/c13-11-3-1-2-10(6-11)12-7-9-4-5-14-8-9/h1-3,6,9,12-13H,4-5,7-8H2. The number of hydrogen-bond donors (Lipinski definition) is 2. The minimum Gasteiger partial charge on any atom is -0.508 e. The lowest BCUT2D eigenvalue weighted by Crippen LogP contribution is -2.13. The van der Waals surface area contributed by atoms with Gasteiger partial charge >= 0.3 is 0 Å². The van der Waals surface area contributed by atoms with E-state index in [9.17, 15) is 5.11 Å². The van der Waals surface area contributed by atoms with Crippen LogP contribution >= 0.6 is 11.8 Å². The van der Waals surface area contributed by atoms with Gasteiger partial charge in [0, 0.05) is 18.3 Å². The molecule has 2 rings (SSSR count). The summed E-state index contributed by atoms with van der Waals surface area (Å²) in [5.74, 6) is 3.69. The monoisotopic (exact) mass is 209 g/mol. The van der Waals surface area contributed by atoms with Crippen LogP contribution in [0.5, 0.6) is 5.75 Å². The lowest BCUT2D eigenvalue weighted by molar-refractivity contribution is 0.475. The van der Waals surface area contributed by atoms with E-state index >= 15 is 0 Å². The van der Waals surface area contributed by atoms with Crippen LogP contribution in [0.1, 0.15) is 6.42 Å². The summed E-state index contributed by atoms with van der Waals surface area (Å²) in [4.78, 5) is 0. The van der Waals surface area contributed by atoms with E-state index in [1.807, 2.05) is 23.9 Å². The number of rotatable bonds is 3. The van der Waals surface area contributed by atoms with E-state index in [0.717, 1.165) is 18.2 Å². The molecule has 0 radical (unpaired) electrons. The van der Waals surface area contributed by atoms with E-state index in [-0.39, 0.29) is 0 Å². The van der Waals surface area contributed by atoms with Gasteiger partial charge in [-0.25, -0.2) is 0 Å². The van der Waals surface area contributed by atoms with Crippen LogP contribution in [0.25, 0.3) is 0 Å². The number of thioether (sulfide) groups is 1. The fourth-order valence-electron chi connectivity index (χ4n) is 1.62. The van der Waals surface area contributed by atoms with Gasteiger partial charge in [-0.2, -0.15) is 11.8 Å². The largest absolute Gasteiger partial charge is 0.508 e. The van der Waals surface area contributed by atoms with Crippen LogP contribution in [-0.4, -0.2) is 23.2 Å². The first-order chi connectivity index (χ1) is 6.84. The maximum absolute atomic E-state index is 9.26. The predicted octanol–water partition coefficient (Wildman–Crippen LogP) is 2.56. The smallest absolute Gasteiger partial charge is 0.117 e. The summed E-state index contributed by atoms with van der Waals surface area (Å²) >= 11 is 2.03. The molecule has 1 aromatic carbocycles. The first-order valence-electron chi connectivity index (χ1n) is 4.95. The second kappa shape index (κ2) is 4.60. The molecule has 1 aromatic rings. The maximum atomic E-state index is 9.26. The third-order valence-electron chi connectivity index (χ3n) is 2.47. The zero-order valence-electron chi connectivity index (χ0n) is 8.07. The SMILES string of the molecule is Oc1cccc(NCC2CCSC2)c1. The van der Waals surface area contributed by atoms with Crippen molar-refractivity contribution in [2.24, 2.45) is 5.92 Å². The quantitative estimate of drug-likeness (QED) is 0.802. The van der Waals surface area contributed by atoms with E-state index in [2.05, 4.69) is 5.32 Å². The number of hydrogen-bond acceptors (Lipinski definition) is 3. The first kappa shape index (κ1) is 9.71. The van der Waals surface area contributed by atoms with Crippen LogP contribution in [0.3, 0.4) is 0 Å². The molecule has 14 heavy (non-hydrogen) atoms. The van der Waals surface area contributed by atoms with Crippen LogP contribution in [0.4, 0.5) is 5.69 Å². The van der Waals surface area contributed by atoms with Crippen molar-refractivity contribution in [1.29, 1.82) is 0 Å². The molecule has 1 fully saturated rings. The van der Waals surface area contributed by atoms with Gasteiger partial charge < -0.3 is 10.4 Å². The highest BCUT2D eigenvalue weighted by atomic mass is 32.2. The molecule has 76 valence electrons. The molecule has 1 aliphatic heterocycles. The van der Waals surface area contributed by atoms with Crippen LogP contribution in [-0.2, 0) is 0 Å². The molecule has 2 nitrogen and oxygen atoms in total. The fraction of sp³-hybridized carbons (Fsp3) is 0.455. The maximum Gasteiger partial charge on any atom is 0.117 e. The summed E-state index contributed by atoms with van der Waals surface area (Å²) in [6.07, 6.45) is 1.32. The van der Waals surface area contributed by atoms with Crippen molar-refractivity contribution in [1.82, 2.24) is 0 Å². The van der Waals surface area contributed by atoms with Gasteiger partial charge in [-0.3, -0.25) is 0 Å². The second-order valence-corrected chi connectivity index (χ2v) is 4.81. The lowest BCUT2D eigenvalue weighted by atomic mass is 10.1. The molecule has 0 amide bonds. The van der Waals surface area contributed by atoms with Crippen LogP contribution in [0.15, 0.2) is 24.3 Å². The average molecular weight is 209 g/mol. The van der Waals surface area contributed by atoms with Crippen molar-refractivity contribution < 1.29 is 5.11 Å². The summed E-state index contributed by atoms with van der Waals surface area (Å²) in [6.45, 7) is 1.02. The molecular formula is C11H15NOS. The summed E-state index contributed by atoms with van der Waals surface area (Å²) in [5, 5.41) is 12.6. The molecule has 0 saturated carbocycles. The zero-order valence-corrected chi connectivity index (χ0v) is 8.89. The predicted molar refractivity (Wildman–Crippen MR) is 62.0 cm³/mol. The number of phenolic OH excluding ortho intramolecular Hbond substituents is 1. The zero-order chi connectivity index (χ0) is 9.80. The Hall–Kier alpha value is -0.830. The third kappa shape index (κ3) is 2.58. The topological polar surface area (TPSA) is 32.3 Å². The Balaban J connectivity index is 1.85. The van der Waals surface area contributed by atoms with Crippen molar-refractivity contribution in [3.63, 3.8) is 0 Å². The summed E-state index contributed by atoms with van der Waals surface area (Å²) in [7, 11) is 0. The Bertz CT molecular complexity index is 297. The van der Waals surface area contributed by atoms with Gasteiger partial charge in [0.25, 0.3) is 0 Å². The van der Waals surface area contributed by atoms with Gasteiger partial charge in [0.2, 0.25) is 0 Å². The molecule has 1 aliphatic rings. The van der Waals surface area contributed by atoms with Gasteiger partial charge in [0.05, 0.1) is 0 Å². The lowest BCUT2D eigenvalue weighted by Gasteiger charge is -2.11. The number of phenols is 1. The van der Waals surface area contributed by atoms with Crippen LogP contribution < -0.4 is 5.32 Å². The third-order valence-corrected chi connectivity index (χ3v) is 3.70. The van der Waals surface area contributed by atoms with Crippen LogP contribution in [0, 0.1) is 5.92 Å². The summed E-state index contributed by atoms with van der Waals surface area (Å²) < 4.78 is 0. The van der Waals surface area contributed by atoms with Gasteiger partial charge in [-0.05, 0) is 36.0 Å².